The van der Waals surface area contributed by atoms with Crippen LogP contribution >= 0.6 is 0 Å². The molecule has 1 atom stereocenters. The SMILES string of the molecule is Cc1cc(Nc2nc([C@H](O)c3ccc(F)cc3)nc3ccccc23)n[nH]1.O=S(=O)(O)c1ccccc1. The van der Waals surface area contributed by atoms with Crippen LogP contribution in [0.1, 0.15) is 23.2 Å². The summed E-state index contributed by atoms with van der Waals surface area (Å²) >= 11 is 0. The molecule has 2 heterocycles. The second kappa shape index (κ2) is 10.6. The quantitative estimate of drug-likeness (QED) is 0.254. The van der Waals surface area contributed by atoms with Crippen LogP contribution in [-0.2, 0) is 10.1 Å². The van der Waals surface area contributed by atoms with Gasteiger partial charge in [-0.05, 0) is 48.9 Å². The molecule has 0 unspecified atom stereocenters. The van der Waals surface area contributed by atoms with Gasteiger partial charge in [-0.1, -0.05) is 42.5 Å². The predicted molar refractivity (Wildman–Crippen MR) is 133 cm³/mol. The van der Waals surface area contributed by atoms with Crippen molar-refractivity contribution in [3.63, 3.8) is 0 Å². The molecule has 5 aromatic rings. The Morgan fingerprint density at radius 1 is 0.944 bits per heavy atom. The van der Waals surface area contributed by atoms with E-state index in [1.807, 2.05) is 37.3 Å². The summed E-state index contributed by atoms with van der Waals surface area (Å²) < 4.78 is 42.4. The van der Waals surface area contributed by atoms with Crippen LogP contribution in [0, 0.1) is 12.7 Å². The van der Waals surface area contributed by atoms with Gasteiger partial charge in [-0.15, -0.1) is 0 Å². The smallest absolute Gasteiger partial charge is 0.294 e. The molecule has 5 rings (SSSR count). The number of H-pyrrole nitrogens is 1. The largest absolute Gasteiger partial charge is 0.380 e. The number of nitrogens with one attached hydrogen (secondary N) is 2. The van der Waals surface area contributed by atoms with Gasteiger partial charge in [0.05, 0.1) is 10.4 Å². The number of aliphatic hydroxyl groups excluding tert-OH is 1. The maximum Gasteiger partial charge on any atom is 0.294 e. The van der Waals surface area contributed by atoms with E-state index < -0.39 is 16.2 Å². The van der Waals surface area contributed by atoms with E-state index in [9.17, 15) is 17.9 Å². The Morgan fingerprint density at radius 3 is 2.22 bits per heavy atom. The van der Waals surface area contributed by atoms with E-state index in [1.165, 1.54) is 36.4 Å². The third-order valence-electron chi connectivity index (χ3n) is 5.04. The summed E-state index contributed by atoms with van der Waals surface area (Å²) in [6.07, 6.45) is -1.07. The van der Waals surface area contributed by atoms with Gasteiger partial charge < -0.3 is 10.4 Å². The van der Waals surface area contributed by atoms with Crippen LogP contribution in [0.3, 0.4) is 0 Å². The fourth-order valence-electron chi connectivity index (χ4n) is 3.30. The van der Waals surface area contributed by atoms with Crippen molar-refractivity contribution in [3.05, 3.63) is 108 Å². The number of halogens is 1. The van der Waals surface area contributed by atoms with Crippen LogP contribution in [0.2, 0.25) is 0 Å². The molecule has 0 saturated heterocycles. The first kappa shape index (κ1) is 24.9. The average Bonchev–Trinajstić information content (AvgIpc) is 3.29. The fourth-order valence-corrected chi connectivity index (χ4v) is 3.80. The van der Waals surface area contributed by atoms with Gasteiger partial charge in [0.25, 0.3) is 10.1 Å². The number of aromatic nitrogens is 4. The number of fused-ring (bicyclic) bond motifs is 1. The Kier molecular flexibility index (Phi) is 7.34. The summed E-state index contributed by atoms with van der Waals surface area (Å²) in [4.78, 5) is 8.87. The number of aromatic amines is 1. The lowest BCUT2D eigenvalue weighted by molar-refractivity contribution is 0.210. The zero-order valence-corrected chi connectivity index (χ0v) is 19.8. The van der Waals surface area contributed by atoms with Gasteiger partial charge in [0, 0.05) is 17.1 Å². The number of aryl methyl sites for hydroxylation is 1. The molecule has 0 aliphatic rings. The molecule has 0 bridgehead atoms. The third-order valence-corrected chi connectivity index (χ3v) is 5.91. The summed E-state index contributed by atoms with van der Waals surface area (Å²) in [6.45, 7) is 1.90. The van der Waals surface area contributed by atoms with Crippen molar-refractivity contribution in [2.45, 2.75) is 17.9 Å². The van der Waals surface area contributed by atoms with E-state index in [0.29, 0.717) is 22.7 Å². The molecule has 184 valence electrons. The van der Waals surface area contributed by atoms with Crippen LogP contribution in [0.4, 0.5) is 16.0 Å². The second-order valence-electron chi connectivity index (χ2n) is 7.75. The summed E-state index contributed by atoms with van der Waals surface area (Å²) in [5.41, 5.74) is 2.12. The van der Waals surface area contributed by atoms with E-state index in [1.54, 1.807) is 18.2 Å². The van der Waals surface area contributed by atoms with Crippen LogP contribution in [-0.4, -0.2) is 38.2 Å². The molecule has 4 N–H and O–H groups in total. The number of benzene rings is 3. The number of aliphatic hydroxyl groups is 1. The van der Waals surface area contributed by atoms with Crippen molar-refractivity contribution in [1.29, 1.82) is 0 Å². The highest BCUT2D eigenvalue weighted by atomic mass is 32.2. The number of hydrogen-bond acceptors (Lipinski definition) is 7. The maximum atomic E-state index is 13.1. The molecule has 0 aliphatic heterocycles. The number of anilines is 2. The third kappa shape index (κ3) is 6.08. The molecular weight excluding hydrogens is 485 g/mol. The topological polar surface area (TPSA) is 141 Å². The van der Waals surface area contributed by atoms with Crippen LogP contribution in [0.5, 0.6) is 0 Å². The van der Waals surface area contributed by atoms with Crippen LogP contribution in [0.15, 0.2) is 89.8 Å². The zero-order valence-electron chi connectivity index (χ0n) is 19.0. The van der Waals surface area contributed by atoms with Crippen LogP contribution in [0.25, 0.3) is 10.9 Å². The molecule has 0 saturated carbocycles. The average molecular weight is 508 g/mol. The first-order chi connectivity index (χ1) is 17.2. The van der Waals surface area contributed by atoms with Crippen molar-refractivity contribution >= 4 is 32.7 Å². The lowest BCUT2D eigenvalue weighted by Crippen LogP contribution is -2.08. The summed E-state index contributed by atoms with van der Waals surface area (Å²) in [7, 11) is -4.00. The lowest BCUT2D eigenvalue weighted by Gasteiger charge is -2.13. The zero-order chi connectivity index (χ0) is 25.7. The molecular formula is C25H22FN5O4S. The van der Waals surface area contributed by atoms with Gasteiger partial charge in [0.1, 0.15) is 17.7 Å². The molecule has 0 amide bonds. The first-order valence-electron chi connectivity index (χ1n) is 10.7. The Labute approximate surface area is 206 Å². The summed E-state index contributed by atoms with van der Waals surface area (Å²) in [6, 6.07) is 22.4. The highest BCUT2D eigenvalue weighted by Gasteiger charge is 2.17. The van der Waals surface area contributed by atoms with Gasteiger partial charge in [-0.25, -0.2) is 14.4 Å². The molecule has 0 aliphatic carbocycles. The van der Waals surface area contributed by atoms with E-state index in [2.05, 4.69) is 25.5 Å². The molecule has 36 heavy (non-hydrogen) atoms. The van der Waals surface area contributed by atoms with Crippen molar-refractivity contribution in [3.8, 4) is 0 Å². The molecule has 0 radical (unpaired) electrons. The number of nitrogens with zero attached hydrogens (tertiary/aromatic N) is 3. The Balaban J connectivity index is 0.000000256. The van der Waals surface area contributed by atoms with Crippen molar-refractivity contribution in [2.75, 3.05) is 5.32 Å². The van der Waals surface area contributed by atoms with Gasteiger partial charge >= 0.3 is 0 Å². The molecule has 11 heteroatoms. The first-order valence-corrected chi connectivity index (χ1v) is 12.2. The minimum absolute atomic E-state index is 0.0741. The normalized spacial score (nSPS) is 12.0. The number of rotatable bonds is 5. The monoisotopic (exact) mass is 507 g/mol. The standard InChI is InChI=1S/C19H16FN5O.C6H6O3S/c1-11-10-16(25-24-11)22-18-14-4-2-3-5-15(14)21-19(23-18)17(26)12-6-8-13(20)9-7-12;7-10(8,9)6-4-2-1-3-5-6/h2-10,17,26H,1H3,(H2,21,22,23,24,25);1-5H,(H,7,8,9)/t17-;/m1./s1. The molecule has 2 aromatic heterocycles. The van der Waals surface area contributed by atoms with E-state index in [0.717, 1.165) is 11.1 Å². The maximum absolute atomic E-state index is 13.1. The van der Waals surface area contributed by atoms with Gasteiger partial charge in [-0.2, -0.15) is 13.5 Å². The minimum Gasteiger partial charge on any atom is -0.380 e. The molecule has 3 aromatic carbocycles. The summed E-state index contributed by atoms with van der Waals surface area (Å²) in [5, 5.41) is 21.6. The highest BCUT2D eigenvalue weighted by molar-refractivity contribution is 7.85. The van der Waals surface area contributed by atoms with E-state index >= 15 is 0 Å². The minimum atomic E-state index is -4.00. The van der Waals surface area contributed by atoms with Crippen molar-refractivity contribution in [2.24, 2.45) is 0 Å². The van der Waals surface area contributed by atoms with Gasteiger partial charge in [0.2, 0.25) is 0 Å². The molecule has 0 spiro atoms. The molecule has 9 nitrogen and oxygen atoms in total. The lowest BCUT2D eigenvalue weighted by atomic mass is 10.1. The second-order valence-corrected chi connectivity index (χ2v) is 9.17. The van der Waals surface area contributed by atoms with Crippen molar-refractivity contribution < 1.29 is 22.5 Å². The Hall–Kier alpha value is -4.19. The fraction of sp³-hybridized carbons (Fsp3) is 0.0800. The van der Waals surface area contributed by atoms with E-state index in [-0.39, 0.29) is 16.5 Å². The molecule has 0 fully saturated rings. The van der Waals surface area contributed by atoms with Crippen LogP contribution < -0.4 is 5.32 Å². The van der Waals surface area contributed by atoms with Gasteiger partial charge in [0.15, 0.2) is 11.6 Å². The number of hydrogen-bond donors (Lipinski definition) is 4. The van der Waals surface area contributed by atoms with E-state index in [4.69, 9.17) is 4.55 Å². The van der Waals surface area contributed by atoms with Gasteiger partial charge in [-0.3, -0.25) is 9.65 Å². The summed E-state index contributed by atoms with van der Waals surface area (Å²) in [5.74, 6) is 1.02. The number of para-hydroxylation sites is 1. The highest BCUT2D eigenvalue weighted by Crippen LogP contribution is 2.27. The Morgan fingerprint density at radius 2 is 1.61 bits per heavy atom. The van der Waals surface area contributed by atoms with Crippen molar-refractivity contribution in [1.82, 2.24) is 20.2 Å². The Bertz CT molecular complexity index is 1580. The predicted octanol–water partition coefficient (Wildman–Crippen LogP) is 4.56.